The second-order valence-corrected chi connectivity index (χ2v) is 4.91. The first-order chi connectivity index (χ1) is 11.4. The fourth-order valence-corrected chi connectivity index (χ4v) is 1.84. The highest BCUT2D eigenvalue weighted by molar-refractivity contribution is 5.95. The van der Waals surface area contributed by atoms with Crippen LogP contribution in [0.2, 0.25) is 0 Å². The van der Waals surface area contributed by atoms with Gasteiger partial charge in [-0.2, -0.15) is 0 Å². The van der Waals surface area contributed by atoms with Crippen molar-refractivity contribution >= 4 is 17.6 Å². The minimum Gasteiger partial charge on any atom is -0.451 e. The van der Waals surface area contributed by atoms with Crippen LogP contribution in [0, 0.1) is 11.6 Å². The summed E-state index contributed by atoms with van der Waals surface area (Å²) in [6.45, 7) is 0.935. The van der Waals surface area contributed by atoms with Crippen LogP contribution in [0.15, 0.2) is 47.4 Å². The van der Waals surface area contributed by atoms with Crippen LogP contribution in [0.5, 0.6) is 0 Å². The highest BCUT2D eigenvalue weighted by Gasteiger charge is 2.19. The molecule has 2 rings (SSSR count). The summed E-state index contributed by atoms with van der Waals surface area (Å²) in [5, 5.41) is 2.19. The molecule has 0 saturated carbocycles. The zero-order valence-corrected chi connectivity index (χ0v) is 12.7. The number of pyridine rings is 1. The van der Waals surface area contributed by atoms with E-state index >= 15 is 0 Å². The number of anilines is 1. The normalized spacial score (nSPS) is 11.6. The number of halogens is 2. The van der Waals surface area contributed by atoms with Gasteiger partial charge < -0.3 is 14.6 Å². The van der Waals surface area contributed by atoms with E-state index in [9.17, 15) is 23.2 Å². The number of nitrogens with zero attached hydrogens (tertiary/aromatic N) is 1. The highest BCUT2D eigenvalue weighted by atomic mass is 19.1. The quantitative estimate of drug-likeness (QED) is 0.843. The Hall–Kier alpha value is -3.03. The summed E-state index contributed by atoms with van der Waals surface area (Å²) in [6, 6.07) is 7.03. The summed E-state index contributed by atoms with van der Waals surface area (Å²) in [6.07, 6.45) is 0.184. The van der Waals surface area contributed by atoms with Gasteiger partial charge >= 0.3 is 5.97 Å². The molecule has 1 heterocycles. The van der Waals surface area contributed by atoms with Crippen molar-refractivity contribution < 1.29 is 23.1 Å². The SMILES string of the molecule is C[C@@H](OC(=O)Cn1ccccc1=O)C(=O)Nc1ccc(F)cc1F. The number of rotatable bonds is 5. The van der Waals surface area contributed by atoms with Crippen molar-refractivity contribution in [3.05, 3.63) is 64.6 Å². The minimum atomic E-state index is -1.22. The van der Waals surface area contributed by atoms with Gasteiger partial charge in [-0.15, -0.1) is 0 Å². The van der Waals surface area contributed by atoms with Crippen molar-refractivity contribution in [1.82, 2.24) is 4.57 Å². The molecule has 0 radical (unpaired) electrons. The van der Waals surface area contributed by atoms with Gasteiger partial charge in [0.15, 0.2) is 6.10 Å². The molecule has 2 aromatic rings. The summed E-state index contributed by atoms with van der Waals surface area (Å²) in [7, 11) is 0. The maximum atomic E-state index is 13.5. The molecule has 0 aliphatic heterocycles. The van der Waals surface area contributed by atoms with Crippen LogP contribution in [0.3, 0.4) is 0 Å². The molecule has 8 heteroatoms. The largest absolute Gasteiger partial charge is 0.451 e. The zero-order valence-electron chi connectivity index (χ0n) is 12.7. The number of carbonyl (C=O) groups is 2. The summed E-state index contributed by atoms with van der Waals surface area (Å²) < 4.78 is 32.3. The Kier molecular flexibility index (Phi) is 5.41. The van der Waals surface area contributed by atoms with E-state index in [-0.39, 0.29) is 17.8 Å². The topological polar surface area (TPSA) is 77.4 Å². The number of ether oxygens (including phenoxy) is 1. The first kappa shape index (κ1) is 17.3. The molecule has 0 saturated heterocycles. The van der Waals surface area contributed by atoms with E-state index in [2.05, 4.69) is 5.32 Å². The monoisotopic (exact) mass is 336 g/mol. The van der Waals surface area contributed by atoms with E-state index in [1.54, 1.807) is 6.07 Å². The average molecular weight is 336 g/mol. The van der Waals surface area contributed by atoms with Gasteiger partial charge in [-0.05, 0) is 25.1 Å². The summed E-state index contributed by atoms with van der Waals surface area (Å²) >= 11 is 0. The van der Waals surface area contributed by atoms with E-state index < -0.39 is 29.6 Å². The Morgan fingerprint density at radius 1 is 1.25 bits per heavy atom. The second kappa shape index (κ2) is 7.49. The summed E-state index contributed by atoms with van der Waals surface area (Å²) in [5.41, 5.74) is -0.622. The molecule has 0 unspecified atom stereocenters. The van der Waals surface area contributed by atoms with E-state index in [1.165, 1.54) is 25.3 Å². The van der Waals surface area contributed by atoms with Crippen LogP contribution < -0.4 is 10.9 Å². The van der Waals surface area contributed by atoms with Gasteiger partial charge in [-0.1, -0.05) is 6.07 Å². The van der Waals surface area contributed by atoms with E-state index in [1.807, 2.05) is 0 Å². The van der Waals surface area contributed by atoms with Crippen LogP contribution in [0.25, 0.3) is 0 Å². The lowest BCUT2D eigenvalue weighted by Crippen LogP contribution is -2.32. The third-order valence-electron chi connectivity index (χ3n) is 3.06. The predicted molar refractivity (Wildman–Crippen MR) is 81.2 cm³/mol. The van der Waals surface area contributed by atoms with Crippen LogP contribution in [-0.2, 0) is 20.9 Å². The van der Waals surface area contributed by atoms with Gasteiger partial charge in [-0.3, -0.25) is 14.4 Å². The van der Waals surface area contributed by atoms with Gasteiger partial charge in [0.1, 0.15) is 18.2 Å². The lowest BCUT2D eigenvalue weighted by molar-refractivity contribution is -0.153. The molecule has 0 aliphatic carbocycles. The van der Waals surface area contributed by atoms with Crippen LogP contribution in [-0.4, -0.2) is 22.5 Å². The summed E-state index contributed by atoms with van der Waals surface area (Å²) in [5.74, 6) is -3.31. The third-order valence-corrected chi connectivity index (χ3v) is 3.06. The minimum absolute atomic E-state index is 0.233. The molecular formula is C16H14F2N2O4. The van der Waals surface area contributed by atoms with Crippen LogP contribution >= 0.6 is 0 Å². The molecule has 0 bridgehead atoms. The smallest absolute Gasteiger partial charge is 0.326 e. The number of carbonyl (C=O) groups excluding carboxylic acids is 2. The molecule has 24 heavy (non-hydrogen) atoms. The van der Waals surface area contributed by atoms with Crippen molar-refractivity contribution in [3.63, 3.8) is 0 Å². The molecule has 0 fully saturated rings. The van der Waals surface area contributed by atoms with Crippen molar-refractivity contribution in [2.45, 2.75) is 19.6 Å². The molecule has 1 atom stereocenters. The second-order valence-electron chi connectivity index (χ2n) is 4.91. The molecule has 1 amide bonds. The number of benzene rings is 1. The number of nitrogens with one attached hydrogen (secondary N) is 1. The van der Waals surface area contributed by atoms with Crippen LogP contribution in [0.4, 0.5) is 14.5 Å². The maximum absolute atomic E-state index is 13.5. The number of esters is 1. The van der Waals surface area contributed by atoms with Crippen molar-refractivity contribution in [2.24, 2.45) is 0 Å². The average Bonchev–Trinajstić information content (AvgIpc) is 2.52. The van der Waals surface area contributed by atoms with E-state index in [0.29, 0.717) is 6.07 Å². The standard InChI is InChI=1S/C16H14F2N2O4/c1-10(16(23)19-13-6-5-11(17)8-12(13)18)24-15(22)9-20-7-3-2-4-14(20)21/h2-8,10H,9H2,1H3,(H,19,23)/t10-/m1/s1. The first-order valence-corrected chi connectivity index (χ1v) is 6.97. The number of amides is 1. The lowest BCUT2D eigenvalue weighted by Gasteiger charge is -2.14. The lowest BCUT2D eigenvalue weighted by atomic mass is 10.2. The number of aromatic nitrogens is 1. The van der Waals surface area contributed by atoms with Crippen molar-refractivity contribution in [2.75, 3.05) is 5.32 Å². The van der Waals surface area contributed by atoms with Crippen molar-refractivity contribution in [3.8, 4) is 0 Å². The number of hydrogen-bond donors (Lipinski definition) is 1. The van der Waals surface area contributed by atoms with Crippen molar-refractivity contribution in [1.29, 1.82) is 0 Å². The van der Waals surface area contributed by atoms with Gasteiger partial charge in [0.2, 0.25) is 0 Å². The molecular weight excluding hydrogens is 322 g/mol. The maximum Gasteiger partial charge on any atom is 0.326 e. The third kappa shape index (κ3) is 4.48. The molecule has 126 valence electrons. The fourth-order valence-electron chi connectivity index (χ4n) is 1.84. The fraction of sp³-hybridized carbons (Fsp3) is 0.188. The Labute approximate surface area is 135 Å². The Balaban J connectivity index is 1.94. The van der Waals surface area contributed by atoms with E-state index in [4.69, 9.17) is 4.74 Å². The van der Waals surface area contributed by atoms with Gasteiger partial charge in [-0.25, -0.2) is 8.78 Å². The molecule has 0 aliphatic rings. The van der Waals surface area contributed by atoms with Gasteiger partial charge in [0.05, 0.1) is 5.69 Å². The highest BCUT2D eigenvalue weighted by Crippen LogP contribution is 2.15. The van der Waals surface area contributed by atoms with E-state index in [0.717, 1.165) is 16.7 Å². The Morgan fingerprint density at radius 2 is 2.00 bits per heavy atom. The molecule has 1 aromatic carbocycles. The van der Waals surface area contributed by atoms with Crippen LogP contribution in [0.1, 0.15) is 6.92 Å². The molecule has 6 nitrogen and oxygen atoms in total. The summed E-state index contributed by atoms with van der Waals surface area (Å²) in [4.78, 5) is 35.1. The van der Waals surface area contributed by atoms with Gasteiger partial charge in [0.25, 0.3) is 11.5 Å². The van der Waals surface area contributed by atoms with Gasteiger partial charge in [0, 0.05) is 18.3 Å². The Bertz CT molecular complexity index is 820. The predicted octanol–water partition coefficient (Wildman–Crippen LogP) is 1.70. The molecule has 1 N–H and O–H groups in total. The zero-order chi connectivity index (χ0) is 17.7. The first-order valence-electron chi connectivity index (χ1n) is 6.97. The molecule has 0 spiro atoms. The molecule has 1 aromatic heterocycles. The Morgan fingerprint density at radius 3 is 2.67 bits per heavy atom. The number of hydrogen-bond acceptors (Lipinski definition) is 4.